The van der Waals surface area contributed by atoms with Crippen molar-refractivity contribution in [2.75, 3.05) is 38.2 Å². The monoisotopic (exact) mass is 395 g/mol. The number of benzene rings is 2. The summed E-state index contributed by atoms with van der Waals surface area (Å²) < 4.78 is 5.41. The predicted octanol–water partition coefficient (Wildman–Crippen LogP) is 1.89. The first-order valence-corrected chi connectivity index (χ1v) is 9.94. The molecule has 2 aromatic rings. The molecular weight excluding hydrogens is 366 g/mol. The molecule has 154 valence electrons. The number of rotatable bonds is 7. The predicted molar refractivity (Wildman–Crippen MR) is 116 cm³/mol. The number of carbonyl (C=O) groups is 1. The van der Waals surface area contributed by atoms with Crippen LogP contribution in [0.2, 0.25) is 0 Å². The zero-order valence-corrected chi connectivity index (χ0v) is 17.1. The van der Waals surface area contributed by atoms with Crippen LogP contribution in [-0.4, -0.2) is 45.2 Å². The number of nitrogens with one attached hydrogen (secondary N) is 3. The quantitative estimate of drug-likeness (QED) is 0.493. The molecule has 0 bridgehead atoms. The summed E-state index contributed by atoms with van der Waals surface area (Å²) in [6, 6.07) is 16.2. The van der Waals surface area contributed by atoms with Gasteiger partial charge in [0.15, 0.2) is 5.96 Å². The van der Waals surface area contributed by atoms with E-state index in [0.29, 0.717) is 26.2 Å². The van der Waals surface area contributed by atoms with E-state index < -0.39 is 0 Å². The maximum atomic E-state index is 11.6. The van der Waals surface area contributed by atoms with Gasteiger partial charge in [0.1, 0.15) is 5.75 Å². The smallest absolute Gasteiger partial charge is 0.239 e. The summed E-state index contributed by atoms with van der Waals surface area (Å²) in [6.07, 6.45) is 0. The molecule has 1 saturated heterocycles. The molecule has 0 saturated carbocycles. The molecule has 0 atom stereocenters. The van der Waals surface area contributed by atoms with Gasteiger partial charge in [-0.15, -0.1) is 0 Å². The summed E-state index contributed by atoms with van der Waals surface area (Å²) in [6.45, 7) is 5.97. The van der Waals surface area contributed by atoms with E-state index in [0.717, 1.165) is 41.6 Å². The van der Waals surface area contributed by atoms with Gasteiger partial charge in [0.2, 0.25) is 5.91 Å². The van der Waals surface area contributed by atoms with Crippen LogP contribution >= 0.6 is 0 Å². The van der Waals surface area contributed by atoms with Crippen molar-refractivity contribution in [1.29, 1.82) is 0 Å². The Balaban J connectivity index is 1.60. The zero-order chi connectivity index (χ0) is 20.5. The summed E-state index contributed by atoms with van der Waals surface area (Å²) in [5, 5.41) is 9.48. The van der Waals surface area contributed by atoms with Crippen LogP contribution in [-0.2, 0) is 17.9 Å². The molecule has 0 spiro atoms. The molecule has 1 aliphatic rings. The minimum absolute atomic E-state index is 0.0707. The highest BCUT2D eigenvalue weighted by Gasteiger charge is 2.16. The number of nitrogens with zero attached hydrogens (tertiary/aromatic N) is 2. The van der Waals surface area contributed by atoms with Crippen LogP contribution in [0.15, 0.2) is 53.5 Å². The molecule has 0 radical (unpaired) electrons. The highest BCUT2D eigenvalue weighted by atomic mass is 16.5. The van der Waals surface area contributed by atoms with Gasteiger partial charge in [0.05, 0.1) is 20.2 Å². The number of carbonyl (C=O) groups excluding carboxylic acids is 1. The Labute approximate surface area is 172 Å². The van der Waals surface area contributed by atoms with Crippen molar-refractivity contribution in [3.63, 3.8) is 0 Å². The lowest BCUT2D eigenvalue weighted by atomic mass is 10.2. The molecule has 0 aromatic heterocycles. The van der Waals surface area contributed by atoms with E-state index in [-0.39, 0.29) is 5.91 Å². The Bertz CT molecular complexity index is 835. The van der Waals surface area contributed by atoms with E-state index in [1.54, 1.807) is 7.11 Å². The Kier molecular flexibility index (Phi) is 7.33. The van der Waals surface area contributed by atoms with Crippen LogP contribution in [0.4, 0.5) is 5.69 Å². The largest absolute Gasteiger partial charge is 0.496 e. The lowest BCUT2D eigenvalue weighted by molar-refractivity contribution is -0.120. The molecule has 2 aromatic carbocycles. The molecule has 0 aliphatic carbocycles. The number of ether oxygens (including phenoxy) is 1. The zero-order valence-electron chi connectivity index (χ0n) is 17.1. The third-order valence-electron chi connectivity index (χ3n) is 4.74. The molecule has 7 heteroatoms. The fourth-order valence-electron chi connectivity index (χ4n) is 3.21. The van der Waals surface area contributed by atoms with Crippen LogP contribution < -0.4 is 25.6 Å². The summed E-state index contributed by atoms with van der Waals surface area (Å²) in [7, 11) is 1.68. The number of guanidine groups is 1. The first-order chi connectivity index (χ1) is 14.2. The van der Waals surface area contributed by atoms with Gasteiger partial charge >= 0.3 is 0 Å². The van der Waals surface area contributed by atoms with E-state index in [1.807, 2.05) is 31.2 Å². The Hall–Kier alpha value is -3.22. The number of hydrogen-bond donors (Lipinski definition) is 3. The Morgan fingerprint density at radius 2 is 1.97 bits per heavy atom. The lowest BCUT2D eigenvalue weighted by Gasteiger charge is -2.28. The Morgan fingerprint density at radius 1 is 1.17 bits per heavy atom. The van der Waals surface area contributed by atoms with Crippen LogP contribution in [0, 0.1) is 0 Å². The van der Waals surface area contributed by atoms with Crippen molar-refractivity contribution >= 4 is 17.6 Å². The molecule has 7 nitrogen and oxygen atoms in total. The Morgan fingerprint density at radius 3 is 2.69 bits per heavy atom. The van der Waals surface area contributed by atoms with Crippen molar-refractivity contribution in [3.05, 3.63) is 59.7 Å². The lowest BCUT2D eigenvalue weighted by Crippen LogP contribution is -2.47. The van der Waals surface area contributed by atoms with Crippen molar-refractivity contribution in [2.45, 2.75) is 20.0 Å². The molecule has 3 N–H and O–H groups in total. The van der Waals surface area contributed by atoms with Crippen LogP contribution in [0.25, 0.3) is 0 Å². The average Bonchev–Trinajstić information content (AvgIpc) is 2.76. The number of para-hydroxylation sites is 1. The fraction of sp³-hybridized carbons (Fsp3) is 0.364. The minimum Gasteiger partial charge on any atom is -0.496 e. The van der Waals surface area contributed by atoms with Gasteiger partial charge in [-0.1, -0.05) is 30.3 Å². The molecule has 29 heavy (non-hydrogen) atoms. The molecule has 3 rings (SSSR count). The second kappa shape index (κ2) is 10.4. The van der Waals surface area contributed by atoms with E-state index in [4.69, 9.17) is 4.74 Å². The third-order valence-corrected chi connectivity index (χ3v) is 4.74. The molecule has 0 unspecified atom stereocenters. The van der Waals surface area contributed by atoms with Gasteiger partial charge in [-0.2, -0.15) is 0 Å². The number of hydrogen-bond acceptors (Lipinski definition) is 4. The van der Waals surface area contributed by atoms with Gasteiger partial charge in [0, 0.05) is 37.4 Å². The summed E-state index contributed by atoms with van der Waals surface area (Å²) in [5.41, 5.74) is 3.26. The van der Waals surface area contributed by atoms with Gasteiger partial charge in [-0.05, 0) is 30.7 Å². The molecule has 1 fully saturated rings. The van der Waals surface area contributed by atoms with Gasteiger partial charge in [-0.25, -0.2) is 4.99 Å². The number of amides is 1. The first-order valence-electron chi connectivity index (χ1n) is 9.94. The van der Waals surface area contributed by atoms with Gasteiger partial charge in [-0.3, -0.25) is 4.79 Å². The normalized spacial score (nSPS) is 14.3. The number of piperazine rings is 1. The minimum atomic E-state index is 0.0707. The number of anilines is 1. The summed E-state index contributed by atoms with van der Waals surface area (Å²) >= 11 is 0. The van der Waals surface area contributed by atoms with Crippen molar-refractivity contribution in [3.8, 4) is 5.75 Å². The number of methoxy groups -OCH3 is 1. The van der Waals surface area contributed by atoms with E-state index in [9.17, 15) is 4.79 Å². The fourth-order valence-corrected chi connectivity index (χ4v) is 3.21. The van der Waals surface area contributed by atoms with Crippen LogP contribution in [0.5, 0.6) is 5.75 Å². The molecular formula is C22H29N5O2. The van der Waals surface area contributed by atoms with Crippen molar-refractivity contribution < 1.29 is 9.53 Å². The van der Waals surface area contributed by atoms with Gasteiger partial charge < -0.3 is 25.6 Å². The summed E-state index contributed by atoms with van der Waals surface area (Å²) in [4.78, 5) is 18.3. The molecule has 1 heterocycles. The van der Waals surface area contributed by atoms with Crippen LogP contribution in [0.1, 0.15) is 18.1 Å². The first kappa shape index (κ1) is 20.5. The third kappa shape index (κ3) is 5.88. The second-order valence-corrected chi connectivity index (χ2v) is 6.80. The SMILES string of the molecule is CCNC(=NCc1ccc(N2CCNC(=O)C2)cc1)NCc1ccccc1OC. The summed E-state index contributed by atoms with van der Waals surface area (Å²) in [5.74, 6) is 1.69. The molecule has 1 aliphatic heterocycles. The standard InChI is InChI=1S/C22H29N5O2/c1-3-23-22(26-15-18-6-4-5-7-20(18)29-2)25-14-17-8-10-19(11-9-17)27-13-12-24-21(28)16-27/h4-11H,3,12-16H2,1-2H3,(H,24,28)(H2,23,25,26). The number of aliphatic imine (C=N–C) groups is 1. The van der Waals surface area contributed by atoms with Gasteiger partial charge in [0.25, 0.3) is 0 Å². The molecule has 1 amide bonds. The van der Waals surface area contributed by atoms with E-state index in [1.165, 1.54) is 0 Å². The van der Waals surface area contributed by atoms with E-state index >= 15 is 0 Å². The highest BCUT2D eigenvalue weighted by molar-refractivity contribution is 5.82. The topological polar surface area (TPSA) is 78.0 Å². The van der Waals surface area contributed by atoms with Crippen molar-refractivity contribution in [1.82, 2.24) is 16.0 Å². The maximum absolute atomic E-state index is 11.6. The van der Waals surface area contributed by atoms with Crippen LogP contribution in [0.3, 0.4) is 0 Å². The average molecular weight is 396 g/mol. The second-order valence-electron chi connectivity index (χ2n) is 6.80. The van der Waals surface area contributed by atoms with E-state index in [2.05, 4.69) is 50.1 Å². The maximum Gasteiger partial charge on any atom is 0.239 e. The van der Waals surface area contributed by atoms with Crippen molar-refractivity contribution in [2.24, 2.45) is 4.99 Å². The highest BCUT2D eigenvalue weighted by Crippen LogP contribution is 2.17.